The number of hydrogen-bond acceptors (Lipinski definition) is 0. The van der Waals surface area contributed by atoms with Gasteiger partial charge in [-0.25, -0.2) is 0 Å². The van der Waals surface area contributed by atoms with Gasteiger partial charge in [-0.05, 0) is 50.4 Å². The largest absolute Gasteiger partial charge is 1.00 e. The minimum absolute atomic E-state index is 0. The Morgan fingerprint density at radius 3 is 1.38 bits per heavy atom. The first kappa shape index (κ1) is 28.2. The van der Waals surface area contributed by atoms with E-state index in [0.717, 1.165) is 6.54 Å². The highest BCUT2D eigenvalue weighted by Crippen LogP contribution is 2.36. The molecule has 0 unspecified atom stereocenters. The zero-order chi connectivity index (χ0) is 18.6. The van der Waals surface area contributed by atoms with Gasteiger partial charge in [0.15, 0.2) is 0 Å². The van der Waals surface area contributed by atoms with Crippen molar-refractivity contribution in [1.29, 1.82) is 0 Å². The van der Waals surface area contributed by atoms with Crippen LogP contribution in [0.3, 0.4) is 0 Å². The van der Waals surface area contributed by atoms with Gasteiger partial charge in [0.05, 0.1) is 6.54 Å². The molecule has 158 valence electrons. The maximum absolute atomic E-state index is 3.90. The van der Waals surface area contributed by atoms with E-state index in [2.05, 4.69) is 38.7 Å². The molecule has 0 aromatic heterocycles. The van der Waals surface area contributed by atoms with E-state index in [1.54, 1.807) is 0 Å². The molecule has 26 heavy (non-hydrogen) atoms. The van der Waals surface area contributed by atoms with Gasteiger partial charge in [-0.1, -0.05) is 97.1 Å². The third-order valence-electron chi connectivity index (χ3n) is 6.37. The fourth-order valence-electron chi connectivity index (χ4n) is 3.95. The standard InChI is InChI=1S/C24H49N.ClH/c1-4-24(5-2,6-3)22-20-18-16-14-12-10-8-7-9-11-13-15-17-19-21-23-25;/h7-8H,4-6,9-23,25H2,1-3H3;1H/b8-7-;. The molecule has 2 heteroatoms. The lowest BCUT2D eigenvalue weighted by Gasteiger charge is -2.30. The fraction of sp³-hybridized carbons (Fsp3) is 0.917. The molecule has 0 saturated heterocycles. The molecule has 0 aromatic rings. The summed E-state index contributed by atoms with van der Waals surface area (Å²) in [4.78, 5) is 0. The van der Waals surface area contributed by atoms with E-state index in [9.17, 15) is 0 Å². The zero-order valence-corrected chi connectivity index (χ0v) is 19.2. The van der Waals surface area contributed by atoms with Crippen LogP contribution >= 0.6 is 0 Å². The lowest BCUT2D eigenvalue weighted by molar-refractivity contribution is -0.368. The molecule has 0 spiro atoms. The molecule has 0 aliphatic carbocycles. The van der Waals surface area contributed by atoms with Crippen molar-refractivity contribution in [1.82, 2.24) is 0 Å². The summed E-state index contributed by atoms with van der Waals surface area (Å²) in [5.41, 5.74) is 4.55. The van der Waals surface area contributed by atoms with Crippen LogP contribution in [0.1, 0.15) is 130 Å². The van der Waals surface area contributed by atoms with Crippen LogP contribution in [0.15, 0.2) is 12.2 Å². The first-order chi connectivity index (χ1) is 12.2. The summed E-state index contributed by atoms with van der Waals surface area (Å²) in [6.45, 7) is 8.25. The summed E-state index contributed by atoms with van der Waals surface area (Å²) in [5.74, 6) is 0. The highest BCUT2D eigenvalue weighted by molar-refractivity contribution is 4.81. The van der Waals surface area contributed by atoms with Crippen molar-refractivity contribution in [3.63, 3.8) is 0 Å². The Labute approximate surface area is 172 Å². The topological polar surface area (TPSA) is 27.6 Å². The number of rotatable bonds is 19. The molecule has 0 bridgehead atoms. The SMILES string of the molecule is CCC(CC)(CC)CCCCCCC/C=C\CCCCCCCC[NH3+].[Cl-]. The molecule has 0 fully saturated rings. The van der Waals surface area contributed by atoms with Gasteiger partial charge in [-0.3, -0.25) is 0 Å². The predicted octanol–water partition coefficient (Wildman–Crippen LogP) is 4.47. The molecule has 0 aliphatic heterocycles. The van der Waals surface area contributed by atoms with Crippen molar-refractivity contribution in [2.24, 2.45) is 5.41 Å². The van der Waals surface area contributed by atoms with E-state index in [0.29, 0.717) is 5.41 Å². The van der Waals surface area contributed by atoms with Gasteiger partial charge in [-0.15, -0.1) is 0 Å². The van der Waals surface area contributed by atoms with E-state index in [4.69, 9.17) is 0 Å². The van der Waals surface area contributed by atoms with Crippen LogP contribution in [0.2, 0.25) is 0 Å². The summed E-state index contributed by atoms with van der Waals surface area (Å²) >= 11 is 0. The Kier molecular flexibility index (Phi) is 23.1. The Bertz CT molecular complexity index is 276. The number of halogens is 1. The third-order valence-corrected chi connectivity index (χ3v) is 6.37. The van der Waals surface area contributed by atoms with E-state index in [1.165, 1.54) is 109 Å². The van der Waals surface area contributed by atoms with Gasteiger partial charge in [0.2, 0.25) is 0 Å². The van der Waals surface area contributed by atoms with Crippen molar-refractivity contribution in [3.8, 4) is 0 Å². The molecule has 0 amide bonds. The number of allylic oxidation sites excluding steroid dienone is 2. The second kappa shape index (κ2) is 21.3. The number of hydrogen-bond donors (Lipinski definition) is 1. The molecule has 3 N–H and O–H groups in total. The average Bonchev–Trinajstić information content (AvgIpc) is 2.65. The second-order valence-corrected chi connectivity index (χ2v) is 8.10. The predicted molar refractivity (Wildman–Crippen MR) is 115 cm³/mol. The number of unbranched alkanes of at least 4 members (excludes halogenated alkanes) is 11. The van der Waals surface area contributed by atoms with Crippen LogP contribution in [0.4, 0.5) is 0 Å². The van der Waals surface area contributed by atoms with Crippen molar-refractivity contribution in [2.45, 2.75) is 130 Å². The van der Waals surface area contributed by atoms with Gasteiger partial charge >= 0.3 is 0 Å². The highest BCUT2D eigenvalue weighted by atomic mass is 35.5. The Morgan fingerprint density at radius 2 is 0.962 bits per heavy atom. The minimum Gasteiger partial charge on any atom is -1.00 e. The first-order valence-corrected chi connectivity index (χ1v) is 11.7. The van der Waals surface area contributed by atoms with Gasteiger partial charge in [0, 0.05) is 0 Å². The first-order valence-electron chi connectivity index (χ1n) is 11.7. The quantitative estimate of drug-likeness (QED) is 0.250. The summed E-state index contributed by atoms with van der Waals surface area (Å²) in [6, 6.07) is 0. The van der Waals surface area contributed by atoms with Crippen LogP contribution < -0.4 is 18.1 Å². The lowest BCUT2D eigenvalue weighted by Crippen LogP contribution is -3.00. The van der Waals surface area contributed by atoms with Crippen LogP contribution in [0, 0.1) is 5.41 Å². The smallest absolute Gasteiger partial charge is 0.0739 e. The second-order valence-electron chi connectivity index (χ2n) is 8.10. The van der Waals surface area contributed by atoms with E-state index in [-0.39, 0.29) is 12.4 Å². The molecule has 0 rings (SSSR count). The zero-order valence-electron chi connectivity index (χ0n) is 18.5. The molecule has 0 saturated carbocycles. The van der Waals surface area contributed by atoms with Crippen LogP contribution in [0.5, 0.6) is 0 Å². The summed E-state index contributed by atoms with van der Waals surface area (Å²) in [6.07, 6.45) is 28.5. The molecule has 0 atom stereocenters. The van der Waals surface area contributed by atoms with Gasteiger partial charge in [-0.2, -0.15) is 0 Å². The molecular formula is C24H50ClN. The van der Waals surface area contributed by atoms with E-state index >= 15 is 0 Å². The van der Waals surface area contributed by atoms with E-state index < -0.39 is 0 Å². The maximum Gasteiger partial charge on any atom is 0.0739 e. The van der Waals surface area contributed by atoms with Crippen LogP contribution in [-0.4, -0.2) is 6.54 Å². The van der Waals surface area contributed by atoms with Gasteiger partial charge in [0.25, 0.3) is 0 Å². The van der Waals surface area contributed by atoms with Crippen molar-refractivity contribution < 1.29 is 18.1 Å². The minimum atomic E-state index is 0. The summed E-state index contributed by atoms with van der Waals surface area (Å²) in [5, 5.41) is 0. The molecule has 0 aliphatic rings. The Hall–Kier alpha value is -0.0100. The normalized spacial score (nSPS) is 11.8. The molecule has 0 radical (unpaired) electrons. The molecule has 0 aromatic carbocycles. The van der Waals surface area contributed by atoms with Crippen LogP contribution in [-0.2, 0) is 0 Å². The van der Waals surface area contributed by atoms with Crippen molar-refractivity contribution in [2.75, 3.05) is 6.54 Å². The van der Waals surface area contributed by atoms with Gasteiger partial charge < -0.3 is 18.1 Å². The molecule has 0 heterocycles. The number of quaternary nitrogens is 1. The van der Waals surface area contributed by atoms with Gasteiger partial charge in [0.1, 0.15) is 0 Å². The Morgan fingerprint density at radius 1 is 0.577 bits per heavy atom. The highest BCUT2D eigenvalue weighted by Gasteiger charge is 2.22. The maximum atomic E-state index is 3.90. The van der Waals surface area contributed by atoms with Crippen LogP contribution in [0.25, 0.3) is 0 Å². The fourth-order valence-corrected chi connectivity index (χ4v) is 3.95. The average molecular weight is 388 g/mol. The lowest BCUT2D eigenvalue weighted by atomic mass is 9.75. The van der Waals surface area contributed by atoms with Crippen molar-refractivity contribution >= 4 is 0 Å². The van der Waals surface area contributed by atoms with Crippen molar-refractivity contribution in [3.05, 3.63) is 12.2 Å². The summed E-state index contributed by atoms with van der Waals surface area (Å²) in [7, 11) is 0. The molecule has 1 nitrogen and oxygen atoms in total. The Balaban J connectivity index is 0. The third kappa shape index (κ3) is 16.2. The molecular weight excluding hydrogens is 338 g/mol. The monoisotopic (exact) mass is 387 g/mol. The van der Waals surface area contributed by atoms with E-state index in [1.807, 2.05) is 0 Å². The summed E-state index contributed by atoms with van der Waals surface area (Å²) < 4.78 is 0.